The van der Waals surface area contributed by atoms with Gasteiger partial charge in [-0.2, -0.15) is 0 Å². The molecule has 1 heterocycles. The lowest BCUT2D eigenvalue weighted by molar-refractivity contribution is -0.171. The van der Waals surface area contributed by atoms with Crippen molar-refractivity contribution in [2.75, 3.05) is 6.61 Å². The highest BCUT2D eigenvalue weighted by molar-refractivity contribution is 5.81. The standard InChI is InChI=1S/C9H14O3/c1-4-9(10)12-7(3)8-5-11-6(8)2/h4,6-8H,1,5H2,2-3H3. The van der Waals surface area contributed by atoms with Crippen molar-refractivity contribution >= 4 is 5.97 Å². The Balaban J connectivity index is 2.32. The molecule has 3 nitrogen and oxygen atoms in total. The molecule has 1 rings (SSSR count). The zero-order chi connectivity index (χ0) is 9.14. The molecule has 0 aromatic carbocycles. The molecule has 0 aromatic rings. The van der Waals surface area contributed by atoms with E-state index in [1.54, 1.807) is 0 Å². The van der Waals surface area contributed by atoms with Crippen LogP contribution in [0.3, 0.4) is 0 Å². The van der Waals surface area contributed by atoms with E-state index in [4.69, 9.17) is 9.47 Å². The fourth-order valence-corrected chi connectivity index (χ4v) is 1.24. The van der Waals surface area contributed by atoms with Crippen LogP contribution in [0.2, 0.25) is 0 Å². The maximum atomic E-state index is 10.8. The average Bonchev–Trinajstić information content (AvgIpc) is 2.01. The Morgan fingerprint density at radius 1 is 1.83 bits per heavy atom. The number of carbonyl (C=O) groups excluding carboxylic acids is 1. The summed E-state index contributed by atoms with van der Waals surface area (Å²) in [7, 11) is 0. The van der Waals surface area contributed by atoms with Gasteiger partial charge in [-0.1, -0.05) is 6.58 Å². The molecule has 0 aliphatic carbocycles. The molecule has 0 N–H and O–H groups in total. The Morgan fingerprint density at radius 2 is 2.50 bits per heavy atom. The molecule has 3 heteroatoms. The SMILES string of the molecule is C=CC(=O)OC(C)C1COC1C. The zero-order valence-corrected chi connectivity index (χ0v) is 7.45. The van der Waals surface area contributed by atoms with Gasteiger partial charge in [0.15, 0.2) is 0 Å². The third kappa shape index (κ3) is 1.85. The third-order valence-electron chi connectivity index (χ3n) is 2.23. The minimum atomic E-state index is -0.360. The van der Waals surface area contributed by atoms with Crippen LogP contribution < -0.4 is 0 Å². The first-order valence-electron chi connectivity index (χ1n) is 4.09. The van der Waals surface area contributed by atoms with Crippen molar-refractivity contribution in [3.8, 4) is 0 Å². The molecule has 12 heavy (non-hydrogen) atoms. The Hall–Kier alpha value is -0.830. The van der Waals surface area contributed by atoms with E-state index in [0.29, 0.717) is 12.5 Å². The summed E-state index contributed by atoms with van der Waals surface area (Å²) in [5.41, 5.74) is 0. The van der Waals surface area contributed by atoms with Crippen molar-refractivity contribution < 1.29 is 14.3 Å². The van der Waals surface area contributed by atoms with E-state index < -0.39 is 0 Å². The van der Waals surface area contributed by atoms with E-state index in [2.05, 4.69) is 6.58 Å². The first-order valence-corrected chi connectivity index (χ1v) is 4.09. The molecule has 3 unspecified atom stereocenters. The highest BCUT2D eigenvalue weighted by atomic mass is 16.6. The Labute approximate surface area is 72.4 Å². The Bertz CT molecular complexity index is 188. The van der Waals surface area contributed by atoms with Gasteiger partial charge in [-0.05, 0) is 13.8 Å². The van der Waals surface area contributed by atoms with Gasteiger partial charge in [-0.25, -0.2) is 4.79 Å². The smallest absolute Gasteiger partial charge is 0.330 e. The maximum Gasteiger partial charge on any atom is 0.330 e. The van der Waals surface area contributed by atoms with Gasteiger partial charge in [0.1, 0.15) is 6.10 Å². The number of ether oxygens (including phenoxy) is 2. The van der Waals surface area contributed by atoms with Crippen LogP contribution in [0.4, 0.5) is 0 Å². The van der Waals surface area contributed by atoms with Crippen molar-refractivity contribution in [3.63, 3.8) is 0 Å². The fourth-order valence-electron chi connectivity index (χ4n) is 1.24. The van der Waals surface area contributed by atoms with Gasteiger partial charge in [0, 0.05) is 12.0 Å². The van der Waals surface area contributed by atoms with Gasteiger partial charge in [0.25, 0.3) is 0 Å². The van der Waals surface area contributed by atoms with Crippen molar-refractivity contribution in [1.29, 1.82) is 0 Å². The molecule has 1 fully saturated rings. The predicted octanol–water partition coefficient (Wildman–Crippen LogP) is 1.14. The summed E-state index contributed by atoms with van der Waals surface area (Å²) >= 11 is 0. The second-order valence-corrected chi connectivity index (χ2v) is 3.05. The van der Waals surface area contributed by atoms with Crippen LogP contribution in [0.15, 0.2) is 12.7 Å². The molecule has 1 aliphatic rings. The molecule has 1 saturated heterocycles. The van der Waals surface area contributed by atoms with E-state index in [-0.39, 0.29) is 18.2 Å². The second kappa shape index (κ2) is 3.72. The van der Waals surface area contributed by atoms with Gasteiger partial charge >= 0.3 is 5.97 Å². The zero-order valence-electron chi connectivity index (χ0n) is 7.45. The minimum absolute atomic E-state index is 0.0701. The van der Waals surface area contributed by atoms with Crippen LogP contribution >= 0.6 is 0 Å². The van der Waals surface area contributed by atoms with Gasteiger partial charge in [0.05, 0.1) is 12.7 Å². The van der Waals surface area contributed by atoms with Gasteiger partial charge < -0.3 is 9.47 Å². The Morgan fingerprint density at radius 3 is 2.83 bits per heavy atom. The monoisotopic (exact) mass is 170 g/mol. The maximum absolute atomic E-state index is 10.8. The minimum Gasteiger partial charge on any atom is -0.459 e. The third-order valence-corrected chi connectivity index (χ3v) is 2.23. The second-order valence-electron chi connectivity index (χ2n) is 3.05. The van der Waals surface area contributed by atoms with Gasteiger partial charge in [-0.15, -0.1) is 0 Å². The number of hydrogen-bond acceptors (Lipinski definition) is 3. The summed E-state index contributed by atoms with van der Waals surface area (Å²) < 4.78 is 10.2. The average molecular weight is 170 g/mol. The van der Waals surface area contributed by atoms with E-state index in [1.807, 2.05) is 13.8 Å². The van der Waals surface area contributed by atoms with Crippen LogP contribution in [0.5, 0.6) is 0 Å². The molecule has 0 radical (unpaired) electrons. The fraction of sp³-hybridized carbons (Fsp3) is 0.667. The van der Waals surface area contributed by atoms with Crippen molar-refractivity contribution in [2.45, 2.75) is 26.1 Å². The van der Waals surface area contributed by atoms with E-state index in [1.165, 1.54) is 6.08 Å². The number of rotatable bonds is 3. The first kappa shape index (κ1) is 9.26. The quantitative estimate of drug-likeness (QED) is 0.470. The van der Waals surface area contributed by atoms with Gasteiger partial charge in [0.2, 0.25) is 0 Å². The number of esters is 1. The first-order chi connectivity index (χ1) is 5.65. The lowest BCUT2D eigenvalue weighted by atomic mass is 9.94. The van der Waals surface area contributed by atoms with Crippen LogP contribution in [-0.2, 0) is 14.3 Å². The molecule has 1 aliphatic heterocycles. The molecule has 3 atom stereocenters. The highest BCUT2D eigenvalue weighted by Gasteiger charge is 2.34. The highest BCUT2D eigenvalue weighted by Crippen LogP contribution is 2.24. The summed E-state index contributed by atoms with van der Waals surface area (Å²) in [5, 5.41) is 0. The molecule has 0 amide bonds. The van der Waals surface area contributed by atoms with Crippen LogP contribution in [0.25, 0.3) is 0 Å². The topological polar surface area (TPSA) is 35.5 Å². The predicted molar refractivity (Wildman–Crippen MR) is 44.7 cm³/mol. The largest absolute Gasteiger partial charge is 0.459 e. The summed E-state index contributed by atoms with van der Waals surface area (Å²) in [6.07, 6.45) is 1.32. The number of hydrogen-bond donors (Lipinski definition) is 0. The Kier molecular flexibility index (Phi) is 2.87. The molecule has 0 aromatic heterocycles. The van der Waals surface area contributed by atoms with E-state index in [0.717, 1.165) is 0 Å². The molecule has 68 valence electrons. The summed E-state index contributed by atoms with van der Waals surface area (Å²) in [5.74, 6) is -0.0181. The summed E-state index contributed by atoms with van der Waals surface area (Å²) in [6, 6.07) is 0. The molecule has 0 saturated carbocycles. The van der Waals surface area contributed by atoms with Gasteiger partial charge in [-0.3, -0.25) is 0 Å². The molecular weight excluding hydrogens is 156 g/mol. The van der Waals surface area contributed by atoms with Crippen LogP contribution in [-0.4, -0.2) is 24.8 Å². The molecule has 0 spiro atoms. The summed E-state index contributed by atoms with van der Waals surface area (Å²) in [6.45, 7) is 7.88. The molecular formula is C9H14O3. The van der Waals surface area contributed by atoms with E-state index in [9.17, 15) is 4.79 Å². The number of carbonyl (C=O) groups is 1. The van der Waals surface area contributed by atoms with E-state index >= 15 is 0 Å². The normalized spacial score (nSPS) is 30.2. The lowest BCUT2D eigenvalue weighted by Crippen LogP contribution is -2.45. The van der Waals surface area contributed by atoms with Crippen molar-refractivity contribution in [3.05, 3.63) is 12.7 Å². The lowest BCUT2D eigenvalue weighted by Gasteiger charge is -2.37. The summed E-state index contributed by atoms with van der Waals surface area (Å²) in [4.78, 5) is 10.8. The molecule has 0 bridgehead atoms. The van der Waals surface area contributed by atoms with Crippen molar-refractivity contribution in [2.24, 2.45) is 5.92 Å². The van der Waals surface area contributed by atoms with Crippen LogP contribution in [0.1, 0.15) is 13.8 Å². The van der Waals surface area contributed by atoms with Crippen molar-refractivity contribution in [1.82, 2.24) is 0 Å². The van der Waals surface area contributed by atoms with Crippen LogP contribution in [0, 0.1) is 5.92 Å².